The molecule has 144 valence electrons. The number of hydrogen-bond acceptors (Lipinski definition) is 5. The van der Waals surface area contributed by atoms with Gasteiger partial charge in [0.15, 0.2) is 11.2 Å². The molecule has 1 aliphatic carbocycles. The molecule has 1 saturated heterocycles. The number of fused-ring (bicyclic) bond motifs is 1. The van der Waals surface area contributed by atoms with Crippen molar-refractivity contribution in [2.75, 3.05) is 19.7 Å². The van der Waals surface area contributed by atoms with Gasteiger partial charge in [0.05, 0.1) is 19.3 Å². The molecule has 0 spiro atoms. The van der Waals surface area contributed by atoms with E-state index in [-0.39, 0.29) is 24.4 Å². The second-order valence-electron chi connectivity index (χ2n) is 7.72. The number of hydrogen-bond donors (Lipinski definition) is 1. The van der Waals surface area contributed by atoms with E-state index in [2.05, 4.69) is 15.4 Å². The van der Waals surface area contributed by atoms with Crippen molar-refractivity contribution in [3.63, 3.8) is 0 Å². The van der Waals surface area contributed by atoms with Gasteiger partial charge in [0, 0.05) is 25.0 Å². The molecular weight excluding hydrogens is 346 g/mol. The molecule has 1 saturated carbocycles. The summed E-state index contributed by atoms with van der Waals surface area (Å²) in [7, 11) is 0. The Morgan fingerprint density at radius 2 is 2.07 bits per heavy atom. The molecule has 2 aliphatic rings. The van der Waals surface area contributed by atoms with E-state index in [1.54, 1.807) is 22.5 Å². The van der Waals surface area contributed by atoms with Gasteiger partial charge in [0.25, 0.3) is 11.8 Å². The van der Waals surface area contributed by atoms with Crippen LogP contribution in [0.3, 0.4) is 0 Å². The maximum Gasteiger partial charge on any atom is 0.259 e. The zero-order valence-corrected chi connectivity index (χ0v) is 15.8. The average Bonchev–Trinajstić information content (AvgIpc) is 3.30. The molecule has 0 radical (unpaired) electrons. The standard InChI is InChI=1S/C19H25N5O3/c1-13-9-20-16-15(10-21-24(16)11-13)17(25)23-7-8-27-19(2,12-23)18(26)22-14-5-3-4-6-14/h9-11,14H,3-8,12H2,1-2H3,(H,22,26)/t19-/m0/s1. The Morgan fingerprint density at radius 3 is 2.85 bits per heavy atom. The highest BCUT2D eigenvalue weighted by Gasteiger charge is 2.42. The fourth-order valence-electron chi connectivity index (χ4n) is 3.88. The fourth-order valence-corrected chi connectivity index (χ4v) is 3.88. The number of rotatable bonds is 3. The molecule has 2 aromatic rings. The minimum Gasteiger partial charge on any atom is -0.362 e. The number of nitrogens with one attached hydrogen (secondary N) is 1. The summed E-state index contributed by atoms with van der Waals surface area (Å²) in [5, 5.41) is 7.32. The maximum atomic E-state index is 13.1. The summed E-state index contributed by atoms with van der Waals surface area (Å²) in [6.45, 7) is 4.66. The van der Waals surface area contributed by atoms with Crippen molar-refractivity contribution in [2.45, 2.75) is 51.2 Å². The first kappa shape index (κ1) is 17.9. The average molecular weight is 371 g/mol. The van der Waals surface area contributed by atoms with Crippen molar-refractivity contribution in [2.24, 2.45) is 0 Å². The lowest BCUT2D eigenvalue weighted by Crippen LogP contribution is -2.60. The number of aromatic nitrogens is 3. The third kappa shape index (κ3) is 3.41. The summed E-state index contributed by atoms with van der Waals surface area (Å²) in [6.07, 6.45) is 9.40. The molecule has 2 aromatic heterocycles. The topological polar surface area (TPSA) is 88.8 Å². The van der Waals surface area contributed by atoms with Gasteiger partial charge in [-0.25, -0.2) is 9.50 Å². The van der Waals surface area contributed by atoms with Crippen LogP contribution in [0.1, 0.15) is 48.5 Å². The van der Waals surface area contributed by atoms with Gasteiger partial charge in [-0.3, -0.25) is 9.59 Å². The van der Waals surface area contributed by atoms with Gasteiger partial charge in [-0.1, -0.05) is 12.8 Å². The van der Waals surface area contributed by atoms with Crippen molar-refractivity contribution < 1.29 is 14.3 Å². The van der Waals surface area contributed by atoms with E-state index in [4.69, 9.17) is 4.74 Å². The van der Waals surface area contributed by atoms with E-state index >= 15 is 0 Å². The smallest absolute Gasteiger partial charge is 0.259 e. The van der Waals surface area contributed by atoms with E-state index in [9.17, 15) is 9.59 Å². The van der Waals surface area contributed by atoms with Gasteiger partial charge < -0.3 is 15.0 Å². The predicted octanol–water partition coefficient (Wildman–Crippen LogP) is 1.33. The molecule has 8 nitrogen and oxygen atoms in total. The number of aryl methyl sites for hydroxylation is 1. The molecule has 2 fully saturated rings. The minimum absolute atomic E-state index is 0.138. The summed E-state index contributed by atoms with van der Waals surface area (Å²) in [5.41, 5.74) is 0.889. The normalized spacial score (nSPS) is 23.7. The van der Waals surface area contributed by atoms with E-state index in [0.29, 0.717) is 24.4 Å². The lowest BCUT2D eigenvalue weighted by Gasteiger charge is -2.39. The Hall–Kier alpha value is -2.48. The van der Waals surface area contributed by atoms with Crippen LogP contribution in [0, 0.1) is 6.92 Å². The molecule has 0 bridgehead atoms. The number of nitrogens with zero attached hydrogens (tertiary/aromatic N) is 4. The molecule has 1 N–H and O–H groups in total. The first-order valence-corrected chi connectivity index (χ1v) is 9.50. The lowest BCUT2D eigenvalue weighted by atomic mass is 10.0. The summed E-state index contributed by atoms with van der Waals surface area (Å²) in [6, 6.07) is 0.219. The van der Waals surface area contributed by atoms with E-state index in [0.717, 1.165) is 31.2 Å². The number of amides is 2. The molecule has 0 unspecified atom stereocenters. The van der Waals surface area contributed by atoms with E-state index in [1.807, 2.05) is 13.1 Å². The summed E-state index contributed by atoms with van der Waals surface area (Å²) >= 11 is 0. The van der Waals surface area contributed by atoms with Crippen molar-refractivity contribution >= 4 is 17.5 Å². The third-order valence-electron chi connectivity index (χ3n) is 5.45. The summed E-state index contributed by atoms with van der Waals surface area (Å²) < 4.78 is 7.40. The highest BCUT2D eigenvalue weighted by Crippen LogP contribution is 2.23. The SMILES string of the molecule is Cc1cnc2c(C(=O)N3CCO[C@](C)(C(=O)NC4CCCC4)C3)cnn2c1. The van der Waals surface area contributed by atoms with Gasteiger partial charge >= 0.3 is 0 Å². The Bertz CT molecular complexity index is 873. The van der Waals surface area contributed by atoms with Gasteiger partial charge in [-0.15, -0.1) is 0 Å². The number of morpholine rings is 1. The second-order valence-corrected chi connectivity index (χ2v) is 7.72. The molecule has 27 heavy (non-hydrogen) atoms. The van der Waals surface area contributed by atoms with Crippen LogP contribution in [0.15, 0.2) is 18.6 Å². The minimum atomic E-state index is -1.04. The Balaban J connectivity index is 1.51. The maximum absolute atomic E-state index is 13.1. The molecule has 1 aliphatic heterocycles. The lowest BCUT2D eigenvalue weighted by molar-refractivity contribution is -0.154. The van der Waals surface area contributed by atoms with Gasteiger partial charge in [0.2, 0.25) is 0 Å². The van der Waals surface area contributed by atoms with Gasteiger partial charge in [0.1, 0.15) is 5.56 Å². The number of ether oxygens (including phenoxy) is 1. The zero-order valence-electron chi connectivity index (χ0n) is 15.8. The quantitative estimate of drug-likeness (QED) is 0.879. The van der Waals surface area contributed by atoms with Gasteiger partial charge in [-0.05, 0) is 32.3 Å². The molecule has 2 amide bonds. The summed E-state index contributed by atoms with van der Waals surface area (Å²) in [4.78, 5) is 31.8. The largest absolute Gasteiger partial charge is 0.362 e. The monoisotopic (exact) mass is 371 g/mol. The molecule has 8 heteroatoms. The molecular formula is C19H25N5O3. The summed E-state index contributed by atoms with van der Waals surface area (Å²) in [5.74, 6) is -0.315. The van der Waals surface area contributed by atoms with Crippen LogP contribution in [-0.2, 0) is 9.53 Å². The third-order valence-corrected chi connectivity index (χ3v) is 5.45. The van der Waals surface area contributed by atoms with Crippen LogP contribution in [-0.4, -0.2) is 62.7 Å². The molecule has 0 aromatic carbocycles. The highest BCUT2D eigenvalue weighted by molar-refractivity contribution is 6.00. The fraction of sp³-hybridized carbons (Fsp3) is 0.579. The van der Waals surface area contributed by atoms with Crippen molar-refractivity contribution in [3.8, 4) is 0 Å². The van der Waals surface area contributed by atoms with Crippen molar-refractivity contribution in [1.29, 1.82) is 0 Å². The van der Waals surface area contributed by atoms with Crippen LogP contribution in [0.25, 0.3) is 5.65 Å². The Morgan fingerprint density at radius 1 is 1.30 bits per heavy atom. The molecule has 4 rings (SSSR count). The van der Waals surface area contributed by atoms with Crippen molar-refractivity contribution in [3.05, 3.63) is 29.7 Å². The number of carbonyl (C=O) groups is 2. The van der Waals surface area contributed by atoms with E-state index < -0.39 is 5.60 Å². The van der Waals surface area contributed by atoms with Crippen molar-refractivity contribution in [1.82, 2.24) is 24.8 Å². The van der Waals surface area contributed by atoms with Crippen LogP contribution in [0.5, 0.6) is 0 Å². The van der Waals surface area contributed by atoms with E-state index in [1.165, 1.54) is 6.20 Å². The van der Waals surface area contributed by atoms with Crippen LogP contribution in [0.2, 0.25) is 0 Å². The first-order valence-electron chi connectivity index (χ1n) is 9.50. The second kappa shape index (κ2) is 6.92. The number of carbonyl (C=O) groups excluding carboxylic acids is 2. The molecule has 3 heterocycles. The van der Waals surface area contributed by atoms with Crippen LogP contribution in [0.4, 0.5) is 0 Å². The Kier molecular flexibility index (Phi) is 4.59. The molecule has 1 atom stereocenters. The Labute approximate surface area is 157 Å². The van der Waals surface area contributed by atoms with Gasteiger partial charge in [-0.2, -0.15) is 5.10 Å². The predicted molar refractivity (Wildman–Crippen MR) is 98.4 cm³/mol. The zero-order chi connectivity index (χ0) is 19.0. The van der Waals surface area contributed by atoms with Crippen LogP contribution >= 0.6 is 0 Å². The first-order chi connectivity index (χ1) is 13.0. The van der Waals surface area contributed by atoms with Crippen LogP contribution < -0.4 is 5.32 Å². The highest BCUT2D eigenvalue weighted by atomic mass is 16.5.